The van der Waals surface area contributed by atoms with Crippen LogP contribution in [0, 0.1) is 0 Å². The van der Waals surface area contributed by atoms with Crippen LogP contribution in [0.15, 0.2) is 47.6 Å². The van der Waals surface area contributed by atoms with Gasteiger partial charge in [-0.3, -0.25) is 14.4 Å². The third-order valence-electron chi connectivity index (χ3n) is 3.80. The summed E-state index contributed by atoms with van der Waals surface area (Å²) in [4.78, 5) is 35.9. The highest BCUT2D eigenvalue weighted by molar-refractivity contribution is 7.16. The molecule has 0 fully saturated rings. The molecule has 8 nitrogen and oxygen atoms in total. The molecule has 3 amide bonds. The first-order chi connectivity index (χ1) is 13.3. The molecule has 9 heteroatoms. The zero-order valence-corrected chi connectivity index (χ0v) is 16.4. The van der Waals surface area contributed by atoms with E-state index in [0.29, 0.717) is 16.2 Å². The van der Waals surface area contributed by atoms with Crippen molar-refractivity contribution in [3.63, 3.8) is 0 Å². The summed E-state index contributed by atoms with van der Waals surface area (Å²) in [7, 11) is 1.87. The Morgan fingerprint density at radius 3 is 2.14 bits per heavy atom. The maximum Gasteiger partial charge on any atom is 0.271 e. The predicted octanol–water partition coefficient (Wildman–Crippen LogP) is 2.40. The van der Waals surface area contributed by atoms with Crippen molar-refractivity contribution in [3.05, 3.63) is 52.8 Å². The Kier molecular flexibility index (Phi) is 5.55. The van der Waals surface area contributed by atoms with Gasteiger partial charge in [0.2, 0.25) is 16.6 Å². The normalized spacial score (nSPS) is 11.3. The van der Waals surface area contributed by atoms with Crippen molar-refractivity contribution in [2.75, 3.05) is 10.6 Å². The summed E-state index contributed by atoms with van der Waals surface area (Å²) in [6.07, 6.45) is 0. The maximum absolute atomic E-state index is 12.6. The van der Waals surface area contributed by atoms with Gasteiger partial charge in [0.1, 0.15) is 0 Å². The number of carbonyl (C=O) groups excluding carboxylic acids is 3. The fourth-order valence-electron chi connectivity index (χ4n) is 2.66. The molecule has 1 heterocycles. The van der Waals surface area contributed by atoms with Crippen LogP contribution in [0.1, 0.15) is 24.2 Å². The predicted molar refractivity (Wildman–Crippen MR) is 109 cm³/mol. The lowest BCUT2D eigenvalue weighted by Gasteiger charge is -2.09. The second kappa shape index (κ2) is 8.05. The van der Waals surface area contributed by atoms with Crippen molar-refractivity contribution in [1.82, 2.24) is 9.99 Å². The summed E-state index contributed by atoms with van der Waals surface area (Å²) >= 11 is 1.45. The molecule has 2 aromatic carbocycles. The molecular weight excluding hydrogens is 378 g/mol. The minimum absolute atomic E-state index is 0.252. The molecule has 0 aliphatic rings. The number of carbonyl (C=O) groups is 3. The third-order valence-corrected chi connectivity index (χ3v) is 4.92. The van der Waals surface area contributed by atoms with E-state index in [9.17, 15) is 14.4 Å². The molecule has 3 rings (SSSR count). The monoisotopic (exact) mass is 397 g/mol. The number of benzene rings is 2. The lowest BCUT2D eigenvalue weighted by Crippen LogP contribution is -2.23. The highest BCUT2D eigenvalue weighted by Gasteiger charge is 2.11. The summed E-state index contributed by atoms with van der Waals surface area (Å²) in [6.45, 7) is 2.73. The summed E-state index contributed by atoms with van der Waals surface area (Å²) < 4.78 is 2.94. The Bertz CT molecular complexity index is 1110. The van der Waals surface area contributed by atoms with Crippen molar-refractivity contribution >= 4 is 50.6 Å². The van der Waals surface area contributed by atoms with Gasteiger partial charge in [0.05, 0.1) is 10.2 Å². The number of nitrogens with zero attached hydrogens (tertiary/aromatic N) is 2. The number of fused-ring (bicyclic) bond motifs is 1. The number of hydrogen-bond donors (Lipinski definition) is 3. The summed E-state index contributed by atoms with van der Waals surface area (Å²) in [5, 5.41) is 9.43. The lowest BCUT2D eigenvalue weighted by atomic mass is 10.1. The molecule has 0 atom stereocenters. The van der Waals surface area contributed by atoms with Crippen molar-refractivity contribution in [2.45, 2.75) is 13.8 Å². The van der Waals surface area contributed by atoms with Crippen LogP contribution in [0.3, 0.4) is 0 Å². The summed E-state index contributed by atoms with van der Waals surface area (Å²) in [6, 6.07) is 12.4. The molecule has 0 aliphatic carbocycles. The van der Waals surface area contributed by atoms with Crippen molar-refractivity contribution in [2.24, 2.45) is 12.1 Å². The van der Waals surface area contributed by atoms with Gasteiger partial charge in [0.15, 0.2) is 0 Å². The van der Waals surface area contributed by atoms with Crippen LogP contribution in [-0.4, -0.2) is 22.3 Å². The van der Waals surface area contributed by atoms with Crippen molar-refractivity contribution in [3.8, 4) is 0 Å². The Hall–Kier alpha value is -3.46. The third kappa shape index (κ3) is 4.44. The summed E-state index contributed by atoms with van der Waals surface area (Å²) in [5.41, 5.74) is 4.59. The van der Waals surface area contributed by atoms with E-state index in [-0.39, 0.29) is 17.4 Å². The van der Waals surface area contributed by atoms with Gasteiger partial charge in [-0.05, 0) is 30.3 Å². The fraction of sp³-hybridized carbons (Fsp3) is 0.158. The zero-order chi connectivity index (χ0) is 20.3. The minimum atomic E-state index is -0.462. The van der Waals surface area contributed by atoms with Gasteiger partial charge in [-0.25, -0.2) is 5.43 Å². The van der Waals surface area contributed by atoms with Crippen LogP contribution in [0.5, 0.6) is 0 Å². The van der Waals surface area contributed by atoms with E-state index >= 15 is 0 Å². The van der Waals surface area contributed by atoms with E-state index in [1.54, 1.807) is 6.07 Å². The number of aryl methyl sites for hydroxylation is 1. The zero-order valence-electron chi connectivity index (χ0n) is 15.6. The van der Waals surface area contributed by atoms with E-state index in [4.69, 9.17) is 0 Å². The van der Waals surface area contributed by atoms with Crippen LogP contribution in [-0.2, 0) is 16.6 Å². The molecule has 3 aromatic rings. The highest BCUT2D eigenvalue weighted by Crippen LogP contribution is 2.20. The molecular formula is C19H19N5O3S. The highest BCUT2D eigenvalue weighted by atomic mass is 32.1. The first kappa shape index (κ1) is 19.3. The fourth-order valence-corrected chi connectivity index (χ4v) is 3.64. The van der Waals surface area contributed by atoms with Crippen LogP contribution in [0.25, 0.3) is 10.2 Å². The number of para-hydroxylation sites is 1. The maximum atomic E-state index is 12.6. The molecule has 0 radical (unpaired) electrons. The Labute approximate surface area is 164 Å². The molecule has 0 unspecified atom stereocenters. The number of hydrogen-bond acceptors (Lipinski definition) is 5. The number of nitrogens with one attached hydrogen (secondary N) is 3. The van der Waals surface area contributed by atoms with Gasteiger partial charge in [-0.15, -0.1) is 5.10 Å². The van der Waals surface area contributed by atoms with Gasteiger partial charge in [0.25, 0.3) is 5.91 Å². The van der Waals surface area contributed by atoms with Crippen LogP contribution in [0.2, 0.25) is 0 Å². The van der Waals surface area contributed by atoms with Gasteiger partial charge < -0.3 is 15.2 Å². The molecule has 0 saturated heterocycles. The smallest absolute Gasteiger partial charge is 0.271 e. The van der Waals surface area contributed by atoms with E-state index in [1.807, 2.05) is 35.9 Å². The van der Waals surface area contributed by atoms with Crippen molar-refractivity contribution in [1.29, 1.82) is 0 Å². The van der Waals surface area contributed by atoms with E-state index < -0.39 is 5.91 Å². The lowest BCUT2D eigenvalue weighted by molar-refractivity contribution is -0.115. The van der Waals surface area contributed by atoms with Gasteiger partial charge in [-0.2, -0.15) is 0 Å². The van der Waals surface area contributed by atoms with E-state index in [2.05, 4.69) is 21.2 Å². The molecule has 0 aliphatic heterocycles. The van der Waals surface area contributed by atoms with Crippen LogP contribution < -0.4 is 20.9 Å². The second-order valence-electron chi connectivity index (χ2n) is 6.13. The number of thiazole rings is 1. The average molecular weight is 397 g/mol. The molecule has 3 N–H and O–H groups in total. The number of rotatable bonds is 4. The Balaban J connectivity index is 1.91. The number of aromatic nitrogens is 1. The summed E-state index contributed by atoms with van der Waals surface area (Å²) in [5.74, 6) is -1.03. The van der Waals surface area contributed by atoms with Gasteiger partial charge in [0, 0.05) is 37.8 Å². The number of amides is 3. The van der Waals surface area contributed by atoms with Gasteiger partial charge >= 0.3 is 0 Å². The van der Waals surface area contributed by atoms with E-state index in [1.165, 1.54) is 37.3 Å². The first-order valence-corrected chi connectivity index (χ1v) is 9.24. The molecule has 0 bridgehead atoms. The van der Waals surface area contributed by atoms with Crippen LogP contribution in [0.4, 0.5) is 11.4 Å². The topological polar surface area (TPSA) is 105 Å². The van der Waals surface area contributed by atoms with Gasteiger partial charge in [-0.1, -0.05) is 23.5 Å². The molecule has 1 aromatic heterocycles. The first-order valence-electron chi connectivity index (χ1n) is 8.42. The van der Waals surface area contributed by atoms with E-state index in [0.717, 1.165) is 10.2 Å². The molecule has 0 spiro atoms. The SMILES string of the molecule is CC(=O)Nc1cc(NC(C)=O)cc(C(=O)N/N=c2\sc3ccccc3n2C)c1. The molecule has 28 heavy (non-hydrogen) atoms. The number of anilines is 2. The average Bonchev–Trinajstić information content (AvgIpc) is 2.94. The largest absolute Gasteiger partial charge is 0.326 e. The molecule has 144 valence electrons. The standard InChI is InChI=1S/C19H19N5O3S/c1-11(25)20-14-8-13(9-15(10-14)21-12(2)26)18(27)22-23-19-24(3)16-6-4-5-7-17(16)28-19/h4-10H,1-3H3,(H,20,25)(H,21,26)(H,22,27)/b23-19-. The quantitative estimate of drug-likeness (QED) is 0.589. The van der Waals surface area contributed by atoms with Crippen LogP contribution >= 0.6 is 11.3 Å². The Morgan fingerprint density at radius 1 is 0.964 bits per heavy atom. The Morgan fingerprint density at radius 2 is 1.57 bits per heavy atom. The van der Waals surface area contributed by atoms with Crippen molar-refractivity contribution < 1.29 is 14.4 Å². The second-order valence-corrected chi connectivity index (χ2v) is 7.13. The minimum Gasteiger partial charge on any atom is -0.326 e. The molecule has 0 saturated carbocycles.